The molecule has 3 aliphatic carbocycles. The predicted octanol–water partition coefficient (Wildman–Crippen LogP) is 7.29. The van der Waals surface area contributed by atoms with Gasteiger partial charge in [-0.25, -0.2) is 0 Å². The van der Waals surface area contributed by atoms with E-state index in [9.17, 15) is 14.7 Å². The van der Waals surface area contributed by atoms with E-state index in [0.717, 1.165) is 23.4 Å². The zero-order valence-electron chi connectivity index (χ0n) is 24.2. The lowest BCUT2D eigenvalue weighted by Gasteiger charge is -2.32. The zero-order chi connectivity index (χ0) is 27.4. The van der Waals surface area contributed by atoms with Crippen molar-refractivity contribution in [1.82, 2.24) is 9.88 Å². The average Bonchev–Trinajstić information content (AvgIpc) is 3.53. The lowest BCUT2D eigenvalue weighted by atomic mass is 9.80. The van der Waals surface area contributed by atoms with E-state index < -0.39 is 5.97 Å². The van der Waals surface area contributed by atoms with Gasteiger partial charge in [0, 0.05) is 18.3 Å². The molecule has 0 radical (unpaired) electrons. The number of aromatic nitrogens is 1. The van der Waals surface area contributed by atoms with Crippen molar-refractivity contribution in [2.24, 2.45) is 11.8 Å². The monoisotopic (exact) mass is 518 g/mol. The van der Waals surface area contributed by atoms with E-state index in [1.54, 1.807) is 0 Å². The van der Waals surface area contributed by atoms with Gasteiger partial charge in [-0.15, -0.1) is 0 Å². The fourth-order valence-electron chi connectivity index (χ4n) is 6.67. The normalized spacial score (nSPS) is 23.1. The molecule has 0 atom stereocenters. The molecule has 0 unspecified atom stereocenters. The van der Waals surface area contributed by atoms with Crippen LogP contribution in [-0.2, 0) is 22.2 Å². The van der Waals surface area contributed by atoms with Crippen molar-refractivity contribution in [3.8, 4) is 11.3 Å². The SMILES string of the molecule is Cc1c(C(=O)N[C@H]2C[C@H](C(=O)O)C2)c(C)n(CC2CCCCC2)c1-c1cc(C(C)(C)C)cc(C2(C)CC2)c1. The molecular weight excluding hydrogens is 472 g/mol. The number of benzene rings is 1. The van der Waals surface area contributed by atoms with Crippen LogP contribution in [0.5, 0.6) is 0 Å². The molecule has 1 heterocycles. The summed E-state index contributed by atoms with van der Waals surface area (Å²) in [5.74, 6) is -0.518. The van der Waals surface area contributed by atoms with Crippen molar-refractivity contribution in [3.63, 3.8) is 0 Å². The van der Waals surface area contributed by atoms with Gasteiger partial charge < -0.3 is 15.0 Å². The number of carbonyl (C=O) groups is 2. The molecule has 206 valence electrons. The van der Waals surface area contributed by atoms with Crippen LogP contribution in [0.1, 0.15) is 118 Å². The molecule has 0 saturated heterocycles. The summed E-state index contributed by atoms with van der Waals surface area (Å²) in [7, 11) is 0. The Labute approximate surface area is 228 Å². The second-order valence-electron chi connectivity index (χ2n) is 13.8. The highest BCUT2D eigenvalue weighted by molar-refractivity contribution is 5.99. The zero-order valence-corrected chi connectivity index (χ0v) is 24.2. The van der Waals surface area contributed by atoms with Crippen molar-refractivity contribution in [2.45, 2.75) is 123 Å². The molecule has 1 aromatic carbocycles. The van der Waals surface area contributed by atoms with Crippen LogP contribution in [0, 0.1) is 25.7 Å². The molecule has 5 nitrogen and oxygen atoms in total. The highest BCUT2D eigenvalue weighted by atomic mass is 16.4. The Morgan fingerprint density at radius 1 is 1.05 bits per heavy atom. The van der Waals surface area contributed by atoms with Gasteiger partial charge in [-0.05, 0) is 104 Å². The Morgan fingerprint density at radius 3 is 2.29 bits per heavy atom. The maximum atomic E-state index is 13.6. The predicted molar refractivity (Wildman–Crippen MR) is 153 cm³/mol. The summed E-state index contributed by atoms with van der Waals surface area (Å²) in [5, 5.41) is 12.4. The second kappa shape index (κ2) is 9.88. The highest BCUT2D eigenvalue weighted by Crippen LogP contribution is 2.49. The topological polar surface area (TPSA) is 71.3 Å². The quantitative estimate of drug-likeness (QED) is 0.404. The molecule has 1 amide bonds. The van der Waals surface area contributed by atoms with Crippen LogP contribution in [0.3, 0.4) is 0 Å². The molecule has 5 heteroatoms. The molecule has 0 aliphatic heterocycles. The number of amides is 1. The average molecular weight is 519 g/mol. The molecule has 38 heavy (non-hydrogen) atoms. The first-order chi connectivity index (χ1) is 17.9. The summed E-state index contributed by atoms with van der Waals surface area (Å²) in [4.78, 5) is 24.9. The van der Waals surface area contributed by atoms with Gasteiger partial charge in [-0.2, -0.15) is 0 Å². The standard InChI is InChI=1S/C33H46N2O3/c1-20-28(30(36)34-27-16-24(17-27)31(37)38)21(2)35(19-22-10-8-7-9-11-22)29(20)23-14-25(32(3,4)5)18-26(15-23)33(6)12-13-33/h14-15,18,22,24,27H,7-13,16-17,19H2,1-6H3,(H,34,36)(H,37,38)/t24-,27-. The number of rotatable bonds is 7. The third-order valence-corrected chi connectivity index (χ3v) is 9.75. The van der Waals surface area contributed by atoms with Gasteiger partial charge in [0.1, 0.15) is 0 Å². The molecule has 2 aromatic rings. The van der Waals surface area contributed by atoms with Gasteiger partial charge in [-0.1, -0.05) is 53.0 Å². The molecule has 3 saturated carbocycles. The number of hydrogen-bond acceptors (Lipinski definition) is 2. The van der Waals surface area contributed by atoms with Crippen molar-refractivity contribution >= 4 is 11.9 Å². The van der Waals surface area contributed by atoms with Crippen LogP contribution in [0.4, 0.5) is 0 Å². The van der Waals surface area contributed by atoms with Gasteiger partial charge in [-0.3, -0.25) is 9.59 Å². The minimum atomic E-state index is -0.761. The summed E-state index contributed by atoms with van der Waals surface area (Å²) in [6.45, 7) is 14.4. The van der Waals surface area contributed by atoms with Crippen molar-refractivity contribution in [1.29, 1.82) is 0 Å². The van der Waals surface area contributed by atoms with Gasteiger partial charge in [0.2, 0.25) is 0 Å². The first-order valence-corrected chi connectivity index (χ1v) is 14.8. The van der Waals surface area contributed by atoms with Crippen LogP contribution >= 0.6 is 0 Å². The number of carboxylic acid groups (broad SMARTS) is 1. The number of carbonyl (C=O) groups excluding carboxylic acids is 1. The first-order valence-electron chi connectivity index (χ1n) is 14.8. The minimum absolute atomic E-state index is 0.0326. The maximum Gasteiger partial charge on any atom is 0.306 e. The Balaban J connectivity index is 1.57. The Bertz CT molecular complexity index is 1210. The number of nitrogens with one attached hydrogen (secondary N) is 1. The fourth-order valence-corrected chi connectivity index (χ4v) is 6.67. The first kappa shape index (κ1) is 27.0. The van der Waals surface area contributed by atoms with E-state index in [4.69, 9.17) is 0 Å². The molecule has 0 spiro atoms. The third kappa shape index (κ3) is 5.18. The molecule has 5 rings (SSSR count). The molecule has 3 fully saturated rings. The number of carboxylic acids is 1. The van der Waals surface area contributed by atoms with E-state index in [1.807, 2.05) is 0 Å². The van der Waals surface area contributed by atoms with Gasteiger partial charge in [0.15, 0.2) is 0 Å². The number of nitrogens with zero attached hydrogens (tertiary/aromatic N) is 1. The second-order valence-corrected chi connectivity index (χ2v) is 13.8. The third-order valence-electron chi connectivity index (χ3n) is 9.75. The molecule has 1 aromatic heterocycles. The van der Waals surface area contributed by atoms with Crippen LogP contribution in [0.15, 0.2) is 18.2 Å². The summed E-state index contributed by atoms with van der Waals surface area (Å²) in [6, 6.07) is 7.11. The van der Waals surface area contributed by atoms with Crippen LogP contribution < -0.4 is 5.32 Å². The molecule has 2 N–H and O–H groups in total. The van der Waals surface area contributed by atoms with Crippen LogP contribution in [0.2, 0.25) is 0 Å². The van der Waals surface area contributed by atoms with E-state index in [0.29, 0.717) is 18.8 Å². The number of aliphatic carboxylic acids is 1. The lowest BCUT2D eigenvalue weighted by molar-refractivity contribution is -0.145. The maximum absolute atomic E-state index is 13.6. The number of hydrogen-bond donors (Lipinski definition) is 2. The Hall–Kier alpha value is -2.56. The van der Waals surface area contributed by atoms with E-state index in [-0.39, 0.29) is 28.7 Å². The summed E-state index contributed by atoms with van der Waals surface area (Å²) >= 11 is 0. The summed E-state index contributed by atoms with van der Waals surface area (Å²) < 4.78 is 2.45. The van der Waals surface area contributed by atoms with E-state index in [1.165, 1.54) is 67.3 Å². The van der Waals surface area contributed by atoms with Crippen molar-refractivity contribution in [2.75, 3.05) is 0 Å². The fraction of sp³-hybridized carbons (Fsp3) is 0.636. The van der Waals surface area contributed by atoms with Gasteiger partial charge in [0.05, 0.1) is 17.2 Å². The van der Waals surface area contributed by atoms with E-state index in [2.05, 4.69) is 69.6 Å². The summed E-state index contributed by atoms with van der Waals surface area (Å²) in [5.41, 5.74) is 8.32. The minimum Gasteiger partial charge on any atom is -0.481 e. The largest absolute Gasteiger partial charge is 0.481 e. The molecular formula is C33H46N2O3. The Morgan fingerprint density at radius 2 is 1.71 bits per heavy atom. The van der Waals surface area contributed by atoms with Gasteiger partial charge in [0.25, 0.3) is 5.91 Å². The van der Waals surface area contributed by atoms with Crippen molar-refractivity contribution in [3.05, 3.63) is 46.1 Å². The molecule has 3 aliphatic rings. The molecule has 0 bridgehead atoms. The lowest BCUT2D eigenvalue weighted by Crippen LogP contribution is -2.46. The van der Waals surface area contributed by atoms with Crippen molar-refractivity contribution < 1.29 is 14.7 Å². The van der Waals surface area contributed by atoms with Crippen LogP contribution in [0.25, 0.3) is 11.3 Å². The van der Waals surface area contributed by atoms with Gasteiger partial charge >= 0.3 is 5.97 Å². The van der Waals surface area contributed by atoms with Crippen LogP contribution in [-0.4, -0.2) is 27.6 Å². The smallest absolute Gasteiger partial charge is 0.306 e. The van der Waals surface area contributed by atoms with E-state index >= 15 is 0 Å². The summed E-state index contributed by atoms with van der Waals surface area (Å²) in [6.07, 6.45) is 9.91. The highest BCUT2D eigenvalue weighted by Gasteiger charge is 2.40. The Kier molecular flexibility index (Phi) is 7.02.